The molecule has 2 N–H and O–H groups in total. The third-order valence-electron chi connectivity index (χ3n) is 5.95. The Bertz CT molecular complexity index is 1380. The number of hydrogen-bond acceptors (Lipinski definition) is 10. The van der Waals surface area contributed by atoms with E-state index in [4.69, 9.17) is 28.6 Å². The molecule has 0 aliphatic heterocycles. The zero-order valence-corrected chi connectivity index (χ0v) is 24.7. The summed E-state index contributed by atoms with van der Waals surface area (Å²) in [5.74, 6) is 3.94. The summed E-state index contributed by atoms with van der Waals surface area (Å²) in [4.78, 5) is 0.782. The van der Waals surface area contributed by atoms with E-state index in [1.54, 1.807) is 28.4 Å². The van der Waals surface area contributed by atoms with Gasteiger partial charge in [-0.1, -0.05) is 5.16 Å². The molecular weight excluding hydrogens is 628 g/mol. The van der Waals surface area contributed by atoms with Crippen LogP contribution in [0.25, 0.3) is 11.0 Å². The highest BCUT2D eigenvalue weighted by Gasteiger charge is 2.28. The van der Waals surface area contributed by atoms with Gasteiger partial charge in [-0.05, 0) is 70.6 Å². The molecule has 0 spiro atoms. The van der Waals surface area contributed by atoms with Gasteiger partial charge >= 0.3 is 0 Å². The van der Waals surface area contributed by atoms with Crippen molar-refractivity contribution < 1.29 is 23.5 Å². The highest BCUT2D eigenvalue weighted by molar-refractivity contribution is 14.2. The first-order chi connectivity index (χ1) is 18.1. The second-order valence-corrected chi connectivity index (χ2v) is 11.3. The number of aromatic nitrogens is 3. The minimum absolute atomic E-state index is 0.454. The molecule has 5 rings (SSSR count). The molecule has 2 heterocycles. The molecule has 1 atom stereocenters. The number of fused-ring (bicyclic) bond motifs is 1. The van der Waals surface area contributed by atoms with E-state index in [1.165, 1.54) is 30.5 Å². The van der Waals surface area contributed by atoms with Gasteiger partial charge in [0, 0.05) is 30.9 Å². The molecule has 0 bridgehead atoms. The van der Waals surface area contributed by atoms with Crippen LogP contribution < -0.4 is 24.2 Å². The van der Waals surface area contributed by atoms with Gasteiger partial charge in [-0.3, -0.25) is 0 Å². The van der Waals surface area contributed by atoms with E-state index < -0.39 is 0 Å². The predicted octanol–water partition coefficient (Wildman–Crippen LogP) is 6.73. The molecule has 13 heteroatoms. The lowest BCUT2D eigenvalue weighted by Crippen LogP contribution is -1.98. The predicted molar refractivity (Wildman–Crippen MR) is 156 cm³/mol. The standard InChI is InChI=1S/C24H27IN5O5PS/c1-31-12-13-7-20(33-3)23(21(8-13)34-4)37-29-24-15-9-19(32-2)16(10-18(15)35-28-24)26-22-11-17(14-5-6-14)30(27-22)36-25/h7-11,14,36H,5-6,12H2,1-4H3,(H,26,27)(H,28,29). The van der Waals surface area contributed by atoms with Crippen LogP contribution in [0.4, 0.5) is 17.3 Å². The van der Waals surface area contributed by atoms with Gasteiger partial charge in [-0.2, -0.15) is 5.10 Å². The van der Waals surface area contributed by atoms with E-state index in [1.807, 2.05) is 24.3 Å². The van der Waals surface area contributed by atoms with E-state index in [0.717, 1.165) is 27.4 Å². The number of rotatable bonds is 12. The third kappa shape index (κ3) is 5.57. The van der Waals surface area contributed by atoms with Crippen LogP contribution in [0.5, 0.6) is 17.2 Å². The molecular formula is C24H27IN5O5PS. The minimum Gasteiger partial charge on any atom is -0.495 e. The molecule has 1 fully saturated rings. The maximum Gasteiger partial charge on any atom is 0.187 e. The van der Waals surface area contributed by atoms with Gasteiger partial charge in [0.15, 0.2) is 17.2 Å². The Hall–Kier alpha value is -2.41. The van der Waals surface area contributed by atoms with Gasteiger partial charge in [0.25, 0.3) is 0 Å². The fourth-order valence-corrected chi connectivity index (χ4v) is 6.50. The van der Waals surface area contributed by atoms with Crippen molar-refractivity contribution in [2.24, 2.45) is 0 Å². The lowest BCUT2D eigenvalue weighted by molar-refractivity contribution is 0.184. The Labute approximate surface area is 233 Å². The van der Waals surface area contributed by atoms with E-state index in [-0.39, 0.29) is 0 Å². The quantitative estimate of drug-likeness (QED) is 0.0971. The third-order valence-corrected chi connectivity index (χ3v) is 8.74. The van der Waals surface area contributed by atoms with Crippen LogP contribution in [0.3, 0.4) is 0 Å². The molecule has 1 aliphatic carbocycles. The topological polar surface area (TPSA) is 105 Å². The fourth-order valence-electron chi connectivity index (χ4n) is 4.02. The van der Waals surface area contributed by atoms with Crippen molar-refractivity contribution in [2.45, 2.75) is 30.3 Å². The van der Waals surface area contributed by atoms with E-state index >= 15 is 0 Å². The molecule has 196 valence electrons. The van der Waals surface area contributed by atoms with Gasteiger partial charge in [0.2, 0.25) is 0 Å². The normalized spacial score (nSPS) is 13.4. The summed E-state index contributed by atoms with van der Waals surface area (Å²) in [5, 5.41) is 13.1. The van der Waals surface area contributed by atoms with Gasteiger partial charge < -0.3 is 33.5 Å². The first kappa shape index (κ1) is 26.2. The molecule has 0 radical (unpaired) electrons. The van der Waals surface area contributed by atoms with Crippen molar-refractivity contribution >= 4 is 68.7 Å². The average molecular weight is 655 g/mol. The van der Waals surface area contributed by atoms with Crippen molar-refractivity contribution in [1.82, 2.24) is 14.7 Å². The van der Waals surface area contributed by atoms with Gasteiger partial charge in [0.05, 0.1) is 45.4 Å². The Morgan fingerprint density at radius 2 is 1.78 bits per heavy atom. The molecule has 2 aromatic heterocycles. The van der Waals surface area contributed by atoms with Crippen LogP contribution in [0.15, 0.2) is 39.8 Å². The monoisotopic (exact) mass is 655 g/mol. The van der Waals surface area contributed by atoms with Gasteiger partial charge in [0.1, 0.15) is 22.1 Å². The summed E-state index contributed by atoms with van der Waals surface area (Å²) in [7, 11) is 6.53. The first-order valence-corrected chi connectivity index (χ1v) is 16.3. The lowest BCUT2D eigenvalue weighted by atomic mass is 10.2. The molecule has 10 nitrogen and oxygen atoms in total. The Kier molecular flexibility index (Phi) is 8.18. The van der Waals surface area contributed by atoms with E-state index in [0.29, 0.717) is 47.5 Å². The minimum atomic E-state index is 0.454. The summed E-state index contributed by atoms with van der Waals surface area (Å²) in [6, 6.07) is 9.74. The van der Waals surface area contributed by atoms with Crippen molar-refractivity contribution in [2.75, 3.05) is 38.5 Å². The van der Waals surface area contributed by atoms with E-state index in [2.05, 4.69) is 47.8 Å². The largest absolute Gasteiger partial charge is 0.495 e. The molecule has 1 unspecified atom stereocenters. The van der Waals surface area contributed by atoms with Crippen molar-refractivity contribution in [1.29, 1.82) is 0 Å². The molecule has 0 amide bonds. The van der Waals surface area contributed by atoms with Crippen molar-refractivity contribution in [3.05, 3.63) is 41.6 Å². The number of nitrogens with zero attached hydrogens (tertiary/aromatic N) is 3. The fraction of sp³-hybridized carbons (Fsp3) is 0.333. The molecule has 0 saturated heterocycles. The Morgan fingerprint density at radius 3 is 2.41 bits per heavy atom. The molecule has 4 aromatic rings. The SMILES string of the molecule is COCc1cc(OC)c(SNc2noc3cc(Nc4cc(C5CC5)n(PI)n4)c(OC)cc23)c(OC)c1. The summed E-state index contributed by atoms with van der Waals surface area (Å²) in [6.45, 7) is 0.454. The van der Waals surface area contributed by atoms with Crippen LogP contribution in [0.1, 0.15) is 30.0 Å². The Balaban J connectivity index is 1.40. The van der Waals surface area contributed by atoms with Crippen LogP contribution in [0.2, 0.25) is 0 Å². The van der Waals surface area contributed by atoms with Gasteiger partial charge in [-0.15, -0.1) is 0 Å². The number of hydrogen-bond donors (Lipinski definition) is 2. The van der Waals surface area contributed by atoms with Crippen LogP contribution >= 0.6 is 40.4 Å². The summed E-state index contributed by atoms with van der Waals surface area (Å²) < 4.78 is 33.1. The smallest absolute Gasteiger partial charge is 0.187 e. The van der Waals surface area contributed by atoms with Crippen molar-refractivity contribution in [3.8, 4) is 17.2 Å². The summed E-state index contributed by atoms with van der Waals surface area (Å²) in [5.41, 5.74) is 3.59. The summed E-state index contributed by atoms with van der Waals surface area (Å²) in [6.07, 6.45) is 3.00. The molecule has 37 heavy (non-hydrogen) atoms. The highest BCUT2D eigenvalue weighted by Crippen LogP contribution is 2.45. The maximum absolute atomic E-state index is 5.69. The van der Waals surface area contributed by atoms with Crippen LogP contribution in [-0.4, -0.2) is 43.1 Å². The first-order valence-electron chi connectivity index (χ1n) is 11.5. The Morgan fingerprint density at radius 1 is 1.05 bits per heavy atom. The zero-order valence-electron chi connectivity index (χ0n) is 20.8. The van der Waals surface area contributed by atoms with Crippen LogP contribution in [0, 0.1) is 0 Å². The maximum atomic E-state index is 5.69. The zero-order chi connectivity index (χ0) is 25.9. The number of anilines is 3. The summed E-state index contributed by atoms with van der Waals surface area (Å²) >= 11 is 3.69. The molecule has 1 saturated carbocycles. The molecule has 2 aromatic carbocycles. The average Bonchev–Trinajstić information content (AvgIpc) is 3.57. The number of methoxy groups -OCH3 is 4. The lowest BCUT2D eigenvalue weighted by Gasteiger charge is -2.15. The highest BCUT2D eigenvalue weighted by atomic mass is 127. The number of ether oxygens (including phenoxy) is 4. The van der Waals surface area contributed by atoms with E-state index in [9.17, 15) is 0 Å². The number of halogens is 1. The van der Waals surface area contributed by atoms with Gasteiger partial charge in [-0.25, -0.2) is 4.45 Å². The second-order valence-electron chi connectivity index (χ2n) is 8.40. The second kappa shape index (κ2) is 11.5. The van der Waals surface area contributed by atoms with Crippen molar-refractivity contribution in [3.63, 3.8) is 0 Å². The number of nitrogens with one attached hydrogen (secondary N) is 2. The van der Waals surface area contributed by atoms with Crippen LogP contribution in [-0.2, 0) is 11.3 Å². The molecule has 1 aliphatic rings. The number of benzene rings is 2.